The van der Waals surface area contributed by atoms with E-state index in [2.05, 4.69) is 24.7 Å². The van der Waals surface area contributed by atoms with Crippen molar-refractivity contribution in [3.63, 3.8) is 0 Å². The molecular formula is C10H8N4O2. The van der Waals surface area contributed by atoms with Crippen molar-refractivity contribution >= 4 is 5.97 Å². The summed E-state index contributed by atoms with van der Waals surface area (Å²) in [7, 11) is 1.30. The fourth-order valence-corrected chi connectivity index (χ4v) is 1.22. The van der Waals surface area contributed by atoms with Crippen LogP contribution in [0, 0.1) is 0 Å². The Labute approximate surface area is 91.4 Å². The molecule has 0 unspecified atom stereocenters. The highest BCUT2D eigenvalue weighted by molar-refractivity contribution is 5.95. The second-order valence-corrected chi connectivity index (χ2v) is 2.87. The minimum Gasteiger partial charge on any atom is -0.465 e. The first-order valence-corrected chi connectivity index (χ1v) is 4.47. The number of hydrogen-bond donors (Lipinski definition) is 0. The number of aromatic nitrogens is 4. The third kappa shape index (κ3) is 1.85. The van der Waals surface area contributed by atoms with Crippen LogP contribution in [0.5, 0.6) is 0 Å². The van der Waals surface area contributed by atoms with Gasteiger partial charge in [-0.15, -0.1) is 0 Å². The van der Waals surface area contributed by atoms with Crippen molar-refractivity contribution in [1.82, 2.24) is 19.9 Å². The Hall–Kier alpha value is -2.37. The van der Waals surface area contributed by atoms with Crippen LogP contribution in [0.15, 0.2) is 31.1 Å². The molecule has 0 aliphatic carbocycles. The fraction of sp³-hybridized carbons (Fsp3) is 0.100. The molecule has 0 radical (unpaired) electrons. The molecule has 6 nitrogen and oxygen atoms in total. The molecule has 0 aliphatic rings. The average Bonchev–Trinajstić information content (AvgIpc) is 2.39. The lowest BCUT2D eigenvalue weighted by molar-refractivity contribution is 0.0600. The van der Waals surface area contributed by atoms with Crippen molar-refractivity contribution < 1.29 is 9.53 Å². The molecule has 16 heavy (non-hydrogen) atoms. The summed E-state index contributed by atoms with van der Waals surface area (Å²) in [6.45, 7) is 0. The third-order valence-electron chi connectivity index (χ3n) is 1.94. The van der Waals surface area contributed by atoms with Gasteiger partial charge < -0.3 is 4.74 Å². The quantitative estimate of drug-likeness (QED) is 0.688. The Kier molecular flexibility index (Phi) is 2.81. The standard InChI is InChI=1S/C10H8N4O2/c1-16-10(15)7-4-12-6-14-9(7)8-2-3-11-5-13-8/h2-6H,1H3. The third-order valence-corrected chi connectivity index (χ3v) is 1.94. The van der Waals surface area contributed by atoms with E-state index < -0.39 is 5.97 Å². The van der Waals surface area contributed by atoms with Crippen LogP contribution in [0.3, 0.4) is 0 Å². The summed E-state index contributed by atoms with van der Waals surface area (Å²) in [6.07, 6.45) is 5.71. The SMILES string of the molecule is COC(=O)c1cncnc1-c1ccncn1. The van der Waals surface area contributed by atoms with Crippen LogP contribution in [0.2, 0.25) is 0 Å². The van der Waals surface area contributed by atoms with Crippen LogP contribution in [-0.2, 0) is 4.74 Å². The van der Waals surface area contributed by atoms with Crippen LogP contribution in [0.4, 0.5) is 0 Å². The zero-order chi connectivity index (χ0) is 11.4. The normalized spacial score (nSPS) is 9.81. The number of rotatable bonds is 2. The highest BCUT2D eigenvalue weighted by Gasteiger charge is 2.15. The smallest absolute Gasteiger partial charge is 0.341 e. The number of hydrogen-bond acceptors (Lipinski definition) is 6. The molecule has 0 aromatic carbocycles. The number of ether oxygens (including phenoxy) is 1. The number of carbonyl (C=O) groups excluding carboxylic acids is 1. The zero-order valence-corrected chi connectivity index (χ0v) is 8.49. The molecule has 0 spiro atoms. The Morgan fingerprint density at radius 3 is 2.75 bits per heavy atom. The Balaban J connectivity index is 2.53. The maximum atomic E-state index is 11.5. The molecule has 0 fully saturated rings. The molecule has 2 rings (SSSR count). The summed E-state index contributed by atoms with van der Waals surface area (Å²) in [6, 6.07) is 1.66. The minimum absolute atomic E-state index is 0.281. The maximum Gasteiger partial charge on any atom is 0.341 e. The van der Waals surface area contributed by atoms with Gasteiger partial charge in [0.25, 0.3) is 0 Å². The molecule has 80 valence electrons. The van der Waals surface area contributed by atoms with Crippen LogP contribution in [-0.4, -0.2) is 33.0 Å². The monoisotopic (exact) mass is 216 g/mol. The van der Waals surface area contributed by atoms with Gasteiger partial charge in [-0.25, -0.2) is 24.7 Å². The second kappa shape index (κ2) is 4.43. The largest absolute Gasteiger partial charge is 0.465 e. The maximum absolute atomic E-state index is 11.5. The van der Waals surface area contributed by atoms with E-state index >= 15 is 0 Å². The molecule has 6 heteroatoms. The predicted molar refractivity (Wildman–Crippen MR) is 54.4 cm³/mol. The van der Waals surface area contributed by atoms with Crippen LogP contribution in [0.25, 0.3) is 11.4 Å². The first-order valence-electron chi connectivity index (χ1n) is 4.47. The van der Waals surface area contributed by atoms with E-state index in [0.29, 0.717) is 11.4 Å². The molecule has 0 saturated heterocycles. The van der Waals surface area contributed by atoms with Gasteiger partial charge in [0.15, 0.2) is 0 Å². The highest BCUT2D eigenvalue weighted by Crippen LogP contribution is 2.17. The van der Waals surface area contributed by atoms with Crippen molar-refractivity contribution in [1.29, 1.82) is 0 Å². The fourth-order valence-electron chi connectivity index (χ4n) is 1.22. The number of esters is 1. The van der Waals surface area contributed by atoms with Crippen molar-refractivity contribution in [2.24, 2.45) is 0 Å². The van der Waals surface area contributed by atoms with Crippen LogP contribution < -0.4 is 0 Å². The van der Waals surface area contributed by atoms with Gasteiger partial charge in [-0.3, -0.25) is 0 Å². The molecule has 0 saturated carbocycles. The van der Waals surface area contributed by atoms with Gasteiger partial charge in [0, 0.05) is 12.4 Å². The summed E-state index contributed by atoms with van der Waals surface area (Å²) in [4.78, 5) is 27.1. The van der Waals surface area contributed by atoms with E-state index in [1.807, 2.05) is 0 Å². The van der Waals surface area contributed by atoms with Gasteiger partial charge >= 0.3 is 5.97 Å². The minimum atomic E-state index is -0.491. The van der Waals surface area contributed by atoms with E-state index in [1.54, 1.807) is 12.3 Å². The van der Waals surface area contributed by atoms with E-state index in [0.717, 1.165) is 0 Å². The molecule has 2 aromatic heterocycles. The van der Waals surface area contributed by atoms with Gasteiger partial charge in [0.2, 0.25) is 0 Å². The predicted octanol–water partition coefficient (Wildman–Crippen LogP) is 0.720. The summed E-state index contributed by atoms with van der Waals surface area (Å²) in [5, 5.41) is 0. The second-order valence-electron chi connectivity index (χ2n) is 2.87. The molecule has 0 atom stereocenters. The molecule has 2 heterocycles. The molecule has 0 bridgehead atoms. The van der Waals surface area contributed by atoms with E-state index in [9.17, 15) is 4.79 Å². The number of carbonyl (C=O) groups is 1. The molecule has 0 aliphatic heterocycles. The topological polar surface area (TPSA) is 77.9 Å². The lowest BCUT2D eigenvalue weighted by Crippen LogP contribution is -2.06. The van der Waals surface area contributed by atoms with Crippen LogP contribution in [0.1, 0.15) is 10.4 Å². The summed E-state index contributed by atoms with van der Waals surface area (Å²) in [5.74, 6) is -0.491. The van der Waals surface area contributed by atoms with Gasteiger partial charge in [-0.2, -0.15) is 0 Å². The molecule has 0 amide bonds. The van der Waals surface area contributed by atoms with E-state index in [4.69, 9.17) is 0 Å². The average molecular weight is 216 g/mol. The van der Waals surface area contributed by atoms with Gasteiger partial charge in [-0.1, -0.05) is 0 Å². The highest BCUT2D eigenvalue weighted by atomic mass is 16.5. The lowest BCUT2D eigenvalue weighted by atomic mass is 10.2. The molecular weight excluding hydrogens is 208 g/mol. The lowest BCUT2D eigenvalue weighted by Gasteiger charge is -2.04. The first kappa shape index (κ1) is 10.2. The van der Waals surface area contributed by atoms with Crippen molar-refractivity contribution in [2.45, 2.75) is 0 Å². The van der Waals surface area contributed by atoms with Gasteiger partial charge in [0.1, 0.15) is 23.9 Å². The van der Waals surface area contributed by atoms with Gasteiger partial charge in [-0.05, 0) is 6.07 Å². The summed E-state index contributed by atoms with van der Waals surface area (Å²) < 4.78 is 4.64. The summed E-state index contributed by atoms with van der Waals surface area (Å²) in [5.41, 5.74) is 1.27. The van der Waals surface area contributed by atoms with Crippen molar-refractivity contribution in [3.05, 3.63) is 36.7 Å². The number of nitrogens with zero attached hydrogens (tertiary/aromatic N) is 4. The van der Waals surface area contributed by atoms with Crippen molar-refractivity contribution in [3.8, 4) is 11.4 Å². The Morgan fingerprint density at radius 2 is 2.06 bits per heavy atom. The Bertz CT molecular complexity index is 501. The van der Waals surface area contributed by atoms with E-state index in [-0.39, 0.29) is 5.56 Å². The molecule has 2 aromatic rings. The number of methoxy groups -OCH3 is 1. The van der Waals surface area contributed by atoms with Gasteiger partial charge in [0.05, 0.1) is 12.8 Å². The van der Waals surface area contributed by atoms with Crippen molar-refractivity contribution in [2.75, 3.05) is 7.11 Å². The zero-order valence-electron chi connectivity index (χ0n) is 8.49. The Morgan fingerprint density at radius 1 is 1.25 bits per heavy atom. The summed E-state index contributed by atoms with van der Waals surface area (Å²) >= 11 is 0. The van der Waals surface area contributed by atoms with E-state index in [1.165, 1.54) is 26.0 Å². The molecule has 0 N–H and O–H groups in total. The first-order chi connectivity index (χ1) is 7.83. The van der Waals surface area contributed by atoms with Crippen LogP contribution >= 0.6 is 0 Å².